The van der Waals surface area contributed by atoms with Crippen LogP contribution < -0.4 is 16.0 Å². The number of nitrogens with zero attached hydrogens (tertiary/aromatic N) is 6. The molecule has 41 heavy (non-hydrogen) atoms. The van der Waals surface area contributed by atoms with E-state index in [1.807, 2.05) is 44.4 Å². The number of halogens is 2. The molecule has 0 amide bonds. The molecule has 220 valence electrons. The van der Waals surface area contributed by atoms with Crippen LogP contribution in [0.1, 0.15) is 63.7 Å². The van der Waals surface area contributed by atoms with Crippen LogP contribution >= 0.6 is 0 Å². The SMILES string of the molecule is C=C(/N=C(\C(F)=C/N)c1cc(F)c2nc(C)n(C(C)C)c2c1)Nc1ccc(N2CCC(N(CC)CC)CC2)c(C)n1. The van der Waals surface area contributed by atoms with Crippen molar-refractivity contribution in [2.24, 2.45) is 10.7 Å². The average molecular weight is 565 g/mol. The minimum absolute atomic E-state index is 0.0348. The van der Waals surface area contributed by atoms with Crippen molar-refractivity contribution in [1.29, 1.82) is 0 Å². The van der Waals surface area contributed by atoms with E-state index >= 15 is 4.39 Å². The first kappa shape index (κ1) is 30.2. The van der Waals surface area contributed by atoms with Crippen LogP contribution in [0, 0.1) is 19.7 Å². The maximum absolute atomic E-state index is 15.1. The zero-order valence-corrected chi connectivity index (χ0v) is 25.0. The van der Waals surface area contributed by atoms with Crippen molar-refractivity contribution in [3.05, 3.63) is 71.6 Å². The largest absolute Gasteiger partial charge is 0.402 e. The first-order valence-corrected chi connectivity index (χ1v) is 14.3. The highest BCUT2D eigenvalue weighted by Crippen LogP contribution is 2.28. The van der Waals surface area contributed by atoms with Crippen molar-refractivity contribution in [1.82, 2.24) is 19.4 Å². The van der Waals surface area contributed by atoms with Crippen molar-refractivity contribution in [3.63, 3.8) is 0 Å². The van der Waals surface area contributed by atoms with Crippen LogP contribution in [0.3, 0.4) is 0 Å². The Morgan fingerprint density at radius 3 is 2.46 bits per heavy atom. The molecule has 0 aliphatic carbocycles. The standard InChI is InChI=1S/C31H42F2N8/c1-8-39(9-2)24-12-14-40(15-13-24)27-10-11-29(35-20(27)5)36-21(6)37-30(26(33)18-34)23-16-25(32)31-28(17-23)41(19(3)4)22(7)38-31/h10-11,16-19,24H,6,8-9,12-15,34H2,1-5,7H3,(H,35,36)/b26-18+,37-30-. The number of imidazole rings is 1. The molecule has 8 nitrogen and oxygen atoms in total. The quantitative estimate of drug-likeness (QED) is 0.284. The van der Waals surface area contributed by atoms with Crippen molar-refractivity contribution in [2.75, 3.05) is 36.4 Å². The summed E-state index contributed by atoms with van der Waals surface area (Å²) in [6.07, 6.45) is 3.05. The number of aliphatic imine (C=N–C) groups is 1. The van der Waals surface area contributed by atoms with E-state index in [1.165, 1.54) is 6.07 Å². The molecule has 0 atom stereocenters. The van der Waals surface area contributed by atoms with Gasteiger partial charge < -0.3 is 25.4 Å². The molecular formula is C31H42F2N8. The fraction of sp³-hybridized carbons (Fsp3) is 0.452. The lowest BCUT2D eigenvalue weighted by atomic mass is 10.0. The third kappa shape index (κ3) is 6.43. The topological polar surface area (TPSA) is 87.6 Å². The lowest BCUT2D eigenvalue weighted by molar-refractivity contribution is 0.186. The number of pyridine rings is 1. The van der Waals surface area contributed by atoms with E-state index in [2.05, 4.69) is 45.5 Å². The minimum atomic E-state index is -0.799. The summed E-state index contributed by atoms with van der Waals surface area (Å²) in [5.74, 6) is -0.0178. The molecule has 3 N–H and O–H groups in total. The molecule has 0 bridgehead atoms. The van der Waals surface area contributed by atoms with E-state index < -0.39 is 11.6 Å². The van der Waals surface area contributed by atoms with Gasteiger partial charge in [0.15, 0.2) is 11.6 Å². The molecule has 1 aliphatic rings. The summed E-state index contributed by atoms with van der Waals surface area (Å²) in [6.45, 7) is 20.3. The van der Waals surface area contributed by atoms with E-state index in [0.29, 0.717) is 23.2 Å². The average Bonchev–Trinajstić information content (AvgIpc) is 3.29. The molecule has 2 aromatic heterocycles. The fourth-order valence-electron chi connectivity index (χ4n) is 5.87. The summed E-state index contributed by atoms with van der Waals surface area (Å²) >= 11 is 0. The van der Waals surface area contributed by atoms with Crippen molar-refractivity contribution in [2.45, 2.75) is 66.5 Å². The Hall–Kier alpha value is -3.79. The van der Waals surface area contributed by atoms with Gasteiger partial charge in [-0.15, -0.1) is 0 Å². The van der Waals surface area contributed by atoms with E-state index in [0.717, 1.165) is 56.6 Å². The monoisotopic (exact) mass is 564 g/mol. The molecule has 0 unspecified atom stereocenters. The van der Waals surface area contributed by atoms with Gasteiger partial charge in [0.05, 0.1) is 16.9 Å². The molecular weight excluding hydrogens is 522 g/mol. The number of anilines is 2. The van der Waals surface area contributed by atoms with Gasteiger partial charge in [-0.25, -0.2) is 23.7 Å². The first-order chi connectivity index (χ1) is 19.6. The van der Waals surface area contributed by atoms with Crippen LogP contribution in [0.25, 0.3) is 11.0 Å². The van der Waals surface area contributed by atoms with Crippen molar-refractivity contribution >= 4 is 28.3 Å². The van der Waals surface area contributed by atoms with Crippen molar-refractivity contribution < 1.29 is 8.78 Å². The number of rotatable bonds is 10. The number of piperidine rings is 1. The number of hydrogen-bond donors (Lipinski definition) is 2. The molecule has 0 spiro atoms. The number of aromatic nitrogens is 3. The lowest BCUT2D eigenvalue weighted by Crippen LogP contribution is -2.45. The summed E-state index contributed by atoms with van der Waals surface area (Å²) in [7, 11) is 0. The molecule has 0 radical (unpaired) electrons. The Morgan fingerprint density at radius 2 is 1.88 bits per heavy atom. The number of benzene rings is 1. The van der Waals surface area contributed by atoms with Gasteiger partial charge in [0, 0.05) is 36.9 Å². The maximum atomic E-state index is 15.1. The first-order valence-electron chi connectivity index (χ1n) is 14.3. The number of nitrogens with one attached hydrogen (secondary N) is 1. The summed E-state index contributed by atoms with van der Waals surface area (Å²) in [4.78, 5) is 18.3. The molecule has 1 aliphatic heterocycles. The van der Waals surface area contributed by atoms with Crippen LogP contribution in [0.15, 0.2) is 53.7 Å². The normalized spacial score (nSPS) is 15.4. The van der Waals surface area contributed by atoms with Crippen LogP contribution in [0.4, 0.5) is 20.3 Å². The zero-order chi connectivity index (χ0) is 29.8. The van der Waals surface area contributed by atoms with Gasteiger partial charge in [0.2, 0.25) is 0 Å². The molecule has 1 saturated heterocycles. The second-order valence-corrected chi connectivity index (χ2v) is 10.7. The van der Waals surface area contributed by atoms with E-state index in [4.69, 9.17) is 10.7 Å². The summed E-state index contributed by atoms with van der Waals surface area (Å²) < 4.78 is 32.0. The summed E-state index contributed by atoms with van der Waals surface area (Å²) in [5.41, 5.74) is 8.37. The van der Waals surface area contributed by atoms with Gasteiger partial charge >= 0.3 is 0 Å². The van der Waals surface area contributed by atoms with Crippen LogP contribution in [-0.4, -0.2) is 57.4 Å². The third-order valence-corrected chi connectivity index (χ3v) is 7.80. The van der Waals surface area contributed by atoms with Gasteiger partial charge in [-0.3, -0.25) is 0 Å². The number of fused-ring (bicyclic) bond motifs is 1. The van der Waals surface area contributed by atoms with Gasteiger partial charge in [-0.05, 0) is 77.9 Å². The van der Waals surface area contributed by atoms with E-state index in [1.54, 1.807) is 6.07 Å². The molecule has 3 heterocycles. The van der Waals surface area contributed by atoms with Crippen LogP contribution in [0.2, 0.25) is 0 Å². The number of aryl methyl sites for hydroxylation is 2. The summed E-state index contributed by atoms with van der Waals surface area (Å²) in [5, 5.41) is 3.05. The third-order valence-electron chi connectivity index (χ3n) is 7.80. The number of nitrogens with two attached hydrogens (primary N) is 1. The second kappa shape index (κ2) is 12.8. The van der Waals surface area contributed by atoms with Gasteiger partial charge in [0.1, 0.15) is 28.7 Å². The van der Waals surface area contributed by atoms with Gasteiger partial charge in [-0.1, -0.05) is 20.4 Å². The number of hydrogen-bond acceptors (Lipinski definition) is 7. The highest BCUT2D eigenvalue weighted by Gasteiger charge is 2.24. The predicted molar refractivity (Wildman–Crippen MR) is 165 cm³/mol. The Morgan fingerprint density at radius 1 is 1.20 bits per heavy atom. The Bertz CT molecular complexity index is 1460. The van der Waals surface area contributed by atoms with Crippen LogP contribution in [0.5, 0.6) is 0 Å². The molecule has 4 rings (SSSR count). The highest BCUT2D eigenvalue weighted by molar-refractivity contribution is 6.13. The Kier molecular flexibility index (Phi) is 9.42. The van der Waals surface area contributed by atoms with E-state index in [9.17, 15) is 4.39 Å². The van der Waals surface area contributed by atoms with Crippen LogP contribution in [-0.2, 0) is 0 Å². The Labute approximate surface area is 241 Å². The second-order valence-electron chi connectivity index (χ2n) is 10.7. The molecule has 10 heteroatoms. The number of allylic oxidation sites excluding steroid dienone is 1. The molecule has 1 fully saturated rings. The predicted octanol–water partition coefficient (Wildman–Crippen LogP) is 6.22. The smallest absolute Gasteiger partial charge is 0.164 e. The van der Waals surface area contributed by atoms with E-state index in [-0.39, 0.29) is 28.7 Å². The van der Waals surface area contributed by atoms with Crippen molar-refractivity contribution in [3.8, 4) is 0 Å². The van der Waals surface area contributed by atoms with Gasteiger partial charge in [-0.2, -0.15) is 0 Å². The highest BCUT2D eigenvalue weighted by atomic mass is 19.1. The minimum Gasteiger partial charge on any atom is -0.402 e. The molecule has 1 aromatic carbocycles. The lowest BCUT2D eigenvalue weighted by Gasteiger charge is -2.39. The fourth-order valence-corrected chi connectivity index (χ4v) is 5.87. The zero-order valence-electron chi connectivity index (χ0n) is 25.0. The maximum Gasteiger partial charge on any atom is 0.164 e. The molecule has 3 aromatic rings. The molecule has 0 saturated carbocycles. The Balaban J connectivity index is 1.55. The van der Waals surface area contributed by atoms with Gasteiger partial charge in [0.25, 0.3) is 0 Å². The summed E-state index contributed by atoms with van der Waals surface area (Å²) in [6, 6.07) is 7.46.